The molecule has 3 saturated carbocycles. The first-order valence-corrected chi connectivity index (χ1v) is 16.4. The maximum atomic E-state index is 14.7. The van der Waals surface area contributed by atoms with Crippen LogP contribution in [-0.4, -0.2) is 22.2 Å². The Morgan fingerprint density at radius 1 is 0.977 bits per heavy atom. The first-order valence-electron chi connectivity index (χ1n) is 16.4. The summed E-state index contributed by atoms with van der Waals surface area (Å²) in [6, 6.07) is 9.19. The summed E-state index contributed by atoms with van der Waals surface area (Å²) in [5.74, 6) is 1.09. The lowest BCUT2D eigenvalue weighted by atomic mass is 9.35. The van der Waals surface area contributed by atoms with Crippen LogP contribution in [0.2, 0.25) is 0 Å². The molecule has 0 spiro atoms. The number of Topliss-reactive ketones (excluding diaryl/α,β-unsaturated/α-hetero) is 1. The number of phenols is 1. The normalized spacial score (nSPS) is 40.1. The molecule has 7 atom stereocenters. The molecule has 0 aliphatic heterocycles. The third kappa shape index (κ3) is 4.17. The Kier molecular flexibility index (Phi) is 6.68. The van der Waals surface area contributed by atoms with Crippen molar-refractivity contribution in [3.8, 4) is 11.8 Å². The van der Waals surface area contributed by atoms with Gasteiger partial charge in [0.25, 0.3) is 0 Å². The van der Waals surface area contributed by atoms with Gasteiger partial charge in [0.1, 0.15) is 11.8 Å². The molecule has 0 amide bonds. The molecule has 44 heavy (non-hydrogen) atoms. The maximum absolute atomic E-state index is 14.7. The van der Waals surface area contributed by atoms with Gasteiger partial charge >= 0.3 is 0 Å². The van der Waals surface area contributed by atoms with Gasteiger partial charge in [-0.2, -0.15) is 5.26 Å². The number of nitrogens with one attached hydrogen (secondary N) is 2. The molecule has 234 valence electrons. The maximum Gasteiger partial charge on any atom is 0.178 e. The van der Waals surface area contributed by atoms with E-state index in [-0.39, 0.29) is 62.4 Å². The van der Waals surface area contributed by atoms with E-state index in [9.17, 15) is 20.0 Å². The highest BCUT2D eigenvalue weighted by Crippen LogP contribution is 2.73. The molecule has 6 heteroatoms. The van der Waals surface area contributed by atoms with Gasteiger partial charge in [0.2, 0.25) is 0 Å². The number of allylic oxidation sites excluding steroid dienone is 4. The predicted molar refractivity (Wildman–Crippen MR) is 173 cm³/mol. The molecule has 1 aromatic rings. The van der Waals surface area contributed by atoms with Gasteiger partial charge in [-0.3, -0.25) is 9.59 Å². The average molecular weight is 596 g/mol. The number of anilines is 1. The van der Waals surface area contributed by atoms with Gasteiger partial charge in [-0.15, -0.1) is 0 Å². The molecular formula is C38H49N3O3. The zero-order valence-corrected chi connectivity index (χ0v) is 27.6. The highest BCUT2D eigenvalue weighted by Gasteiger charge is 2.69. The summed E-state index contributed by atoms with van der Waals surface area (Å²) >= 11 is 0. The Morgan fingerprint density at radius 2 is 1.64 bits per heavy atom. The lowest BCUT2D eigenvalue weighted by Gasteiger charge is -2.69. The smallest absolute Gasteiger partial charge is 0.178 e. The molecule has 5 aliphatic carbocycles. The largest absolute Gasteiger partial charge is 0.508 e. The quantitative estimate of drug-likeness (QED) is 0.307. The minimum atomic E-state index is -0.665. The van der Waals surface area contributed by atoms with Gasteiger partial charge in [0.05, 0.1) is 11.4 Å². The van der Waals surface area contributed by atoms with E-state index < -0.39 is 10.8 Å². The number of hydrogen-bond acceptors (Lipinski definition) is 6. The van der Waals surface area contributed by atoms with E-state index in [1.54, 1.807) is 12.1 Å². The summed E-state index contributed by atoms with van der Waals surface area (Å²) in [6.07, 6.45) is 10.6. The Bertz CT molecular complexity index is 1540. The summed E-state index contributed by atoms with van der Waals surface area (Å²) in [7, 11) is 0. The van der Waals surface area contributed by atoms with Gasteiger partial charge in [0, 0.05) is 28.0 Å². The van der Waals surface area contributed by atoms with Crippen molar-refractivity contribution in [2.45, 2.75) is 99.0 Å². The zero-order chi connectivity index (χ0) is 32.1. The van der Waals surface area contributed by atoms with E-state index >= 15 is 0 Å². The SMILES string of the molecule is C=C(Nc1ccc(O)cc1)N[C@]12CCC(C)(C)CC1C1C(=O)C=C3[C@@]4(C)C=C(C#N)C(=O)C(C)(C)[C@@H]4CC[C@@]3(C)[C@]1(C)CC2. The first-order chi connectivity index (χ1) is 20.4. The van der Waals surface area contributed by atoms with Crippen molar-refractivity contribution >= 4 is 17.3 Å². The van der Waals surface area contributed by atoms with Gasteiger partial charge in [0.15, 0.2) is 11.6 Å². The molecule has 0 radical (unpaired) electrons. The molecular weight excluding hydrogens is 546 g/mol. The van der Waals surface area contributed by atoms with E-state index in [1.807, 2.05) is 38.1 Å². The van der Waals surface area contributed by atoms with Crippen molar-refractivity contribution in [3.05, 3.63) is 60.0 Å². The molecule has 5 aliphatic rings. The van der Waals surface area contributed by atoms with E-state index in [0.29, 0.717) is 5.82 Å². The molecule has 6 nitrogen and oxygen atoms in total. The molecule has 0 heterocycles. The minimum Gasteiger partial charge on any atom is -0.508 e. The number of nitriles is 1. The minimum absolute atomic E-state index is 0.0409. The molecule has 3 fully saturated rings. The number of aromatic hydroxyl groups is 1. The van der Waals surface area contributed by atoms with Crippen molar-refractivity contribution < 1.29 is 14.7 Å². The fourth-order valence-electron chi connectivity index (χ4n) is 10.9. The van der Waals surface area contributed by atoms with Crippen molar-refractivity contribution in [3.63, 3.8) is 0 Å². The van der Waals surface area contributed by atoms with E-state index in [2.05, 4.69) is 57.9 Å². The fraction of sp³-hybridized carbons (Fsp3) is 0.605. The van der Waals surface area contributed by atoms with Crippen LogP contribution in [0.3, 0.4) is 0 Å². The van der Waals surface area contributed by atoms with Crippen molar-refractivity contribution in [1.82, 2.24) is 5.32 Å². The van der Waals surface area contributed by atoms with Gasteiger partial charge in [-0.05, 0) is 103 Å². The molecule has 0 aromatic heterocycles. The van der Waals surface area contributed by atoms with Crippen LogP contribution in [-0.2, 0) is 9.59 Å². The standard InChI is InChI=1S/C38H49N3O3/c1-23(40-25-9-11-26(42)12-10-25)41-38-17-15-33(2,3)21-27(38)31-28(43)19-30-35(6)20-24(22-39)32(44)34(4,5)29(35)13-14-36(30,7)37(31,8)16-18-38/h9-12,19-20,27,29,31,40-42H,1,13-18,21H2,2-8H3/t27?,29-,31?,35-,36+,37+,38-/m0/s1. The lowest BCUT2D eigenvalue weighted by molar-refractivity contribution is -0.160. The first kappa shape index (κ1) is 30.7. The fourth-order valence-corrected chi connectivity index (χ4v) is 10.9. The number of benzene rings is 1. The highest BCUT2D eigenvalue weighted by molar-refractivity contribution is 6.04. The number of rotatable bonds is 4. The Labute approximate surface area is 263 Å². The van der Waals surface area contributed by atoms with Gasteiger partial charge in [-0.1, -0.05) is 66.7 Å². The second kappa shape index (κ2) is 9.59. The predicted octanol–water partition coefficient (Wildman–Crippen LogP) is 7.84. The second-order valence-electron chi connectivity index (χ2n) is 16.7. The summed E-state index contributed by atoms with van der Waals surface area (Å²) < 4.78 is 0. The van der Waals surface area contributed by atoms with Crippen LogP contribution in [0, 0.1) is 56.2 Å². The second-order valence-corrected chi connectivity index (χ2v) is 16.7. The molecule has 0 bridgehead atoms. The number of carbonyl (C=O) groups is 2. The summed E-state index contributed by atoms with van der Waals surface area (Å²) in [4.78, 5) is 28.1. The molecule has 3 N–H and O–H groups in total. The zero-order valence-electron chi connectivity index (χ0n) is 27.6. The van der Waals surface area contributed by atoms with Gasteiger partial charge in [-0.25, -0.2) is 0 Å². The number of nitrogens with zero attached hydrogens (tertiary/aromatic N) is 1. The third-order valence-electron chi connectivity index (χ3n) is 13.4. The average Bonchev–Trinajstić information content (AvgIpc) is 2.94. The van der Waals surface area contributed by atoms with E-state index in [1.165, 1.54) is 0 Å². The van der Waals surface area contributed by atoms with Crippen LogP contribution in [0.4, 0.5) is 5.69 Å². The topological polar surface area (TPSA) is 102 Å². The number of ketones is 2. The van der Waals surface area contributed by atoms with Crippen LogP contribution in [0.5, 0.6) is 5.75 Å². The van der Waals surface area contributed by atoms with Crippen LogP contribution in [0.15, 0.2) is 60.0 Å². The van der Waals surface area contributed by atoms with Crippen LogP contribution in [0.25, 0.3) is 0 Å². The van der Waals surface area contributed by atoms with Crippen molar-refractivity contribution in [2.75, 3.05) is 5.32 Å². The molecule has 2 unspecified atom stereocenters. The highest BCUT2D eigenvalue weighted by atomic mass is 16.3. The Balaban J connectivity index is 1.42. The van der Waals surface area contributed by atoms with Crippen molar-refractivity contribution in [2.24, 2.45) is 44.8 Å². The third-order valence-corrected chi connectivity index (χ3v) is 13.4. The Hall–Kier alpha value is -3.33. The summed E-state index contributed by atoms with van der Waals surface area (Å²) in [5, 5.41) is 26.9. The molecule has 6 rings (SSSR count). The number of carbonyl (C=O) groups excluding carboxylic acids is 2. The van der Waals surface area contributed by atoms with E-state index in [4.69, 9.17) is 0 Å². The number of hydrogen-bond donors (Lipinski definition) is 3. The van der Waals surface area contributed by atoms with Crippen molar-refractivity contribution in [1.29, 1.82) is 5.26 Å². The molecule has 1 aromatic carbocycles. The number of phenolic OH excluding ortho intramolecular Hbond substituents is 1. The summed E-state index contributed by atoms with van der Waals surface area (Å²) in [6.45, 7) is 19.9. The lowest BCUT2D eigenvalue weighted by Crippen LogP contribution is -2.69. The monoisotopic (exact) mass is 595 g/mol. The number of fused-ring (bicyclic) bond motifs is 7. The summed E-state index contributed by atoms with van der Waals surface area (Å²) in [5.41, 5.74) is 0.387. The Morgan fingerprint density at radius 3 is 2.30 bits per heavy atom. The van der Waals surface area contributed by atoms with Crippen LogP contribution < -0.4 is 10.6 Å². The molecule has 0 saturated heterocycles. The van der Waals surface area contributed by atoms with Crippen LogP contribution >= 0.6 is 0 Å². The van der Waals surface area contributed by atoms with Crippen LogP contribution in [0.1, 0.15) is 93.4 Å². The van der Waals surface area contributed by atoms with Gasteiger partial charge < -0.3 is 15.7 Å². The van der Waals surface area contributed by atoms with E-state index in [0.717, 1.165) is 56.2 Å².